The van der Waals surface area contributed by atoms with Gasteiger partial charge in [0.15, 0.2) is 23.1 Å². The van der Waals surface area contributed by atoms with Crippen LogP contribution in [0.25, 0.3) is 0 Å². The number of phenols is 3. The minimum atomic E-state index is -0.626. The first-order valence-electron chi connectivity index (χ1n) is 7.15. The van der Waals surface area contributed by atoms with E-state index >= 15 is 0 Å². The average Bonchev–Trinajstić information content (AvgIpc) is 2.86. The number of hydrogen-bond acceptors (Lipinski definition) is 4. The van der Waals surface area contributed by atoms with Crippen molar-refractivity contribution in [1.29, 1.82) is 0 Å². The molecule has 0 radical (unpaired) electrons. The van der Waals surface area contributed by atoms with Crippen molar-refractivity contribution in [2.24, 2.45) is 0 Å². The van der Waals surface area contributed by atoms with Gasteiger partial charge >= 0.3 is 0 Å². The first-order valence-corrected chi connectivity index (χ1v) is 7.15. The van der Waals surface area contributed by atoms with Crippen LogP contribution in [0, 0.1) is 5.82 Å². The number of nitrogens with zero attached hydrogens (tertiary/aromatic N) is 1. The molecular weight excluding hydrogens is 285 g/mol. The van der Waals surface area contributed by atoms with Crippen LogP contribution >= 0.6 is 0 Å². The number of benzene rings is 2. The van der Waals surface area contributed by atoms with Crippen molar-refractivity contribution >= 4 is 0 Å². The molecule has 116 valence electrons. The average molecular weight is 303 g/mol. The third kappa shape index (κ3) is 2.48. The van der Waals surface area contributed by atoms with Crippen LogP contribution in [0.4, 0.5) is 4.39 Å². The van der Waals surface area contributed by atoms with Crippen molar-refractivity contribution in [2.45, 2.75) is 11.8 Å². The normalized spacial score (nSPS) is 22.1. The summed E-state index contributed by atoms with van der Waals surface area (Å²) >= 11 is 0. The van der Waals surface area contributed by atoms with E-state index in [-0.39, 0.29) is 29.1 Å². The van der Waals surface area contributed by atoms with Gasteiger partial charge in [0, 0.05) is 30.5 Å². The fraction of sp³-hybridized carbons (Fsp3) is 0.294. The van der Waals surface area contributed by atoms with Crippen molar-refractivity contribution in [3.05, 3.63) is 53.3 Å². The number of rotatable bonds is 2. The highest BCUT2D eigenvalue weighted by molar-refractivity contribution is 5.45. The minimum Gasteiger partial charge on any atom is -0.505 e. The number of likely N-dealkylation sites (N-methyl/N-ethyl adjacent to an activating group) is 1. The van der Waals surface area contributed by atoms with Crippen molar-refractivity contribution in [2.75, 3.05) is 20.1 Å². The number of hydrogen-bond donors (Lipinski definition) is 3. The van der Waals surface area contributed by atoms with E-state index in [1.54, 1.807) is 18.2 Å². The van der Waals surface area contributed by atoms with Crippen molar-refractivity contribution in [3.8, 4) is 17.2 Å². The van der Waals surface area contributed by atoms with Crippen molar-refractivity contribution in [1.82, 2.24) is 4.90 Å². The van der Waals surface area contributed by atoms with Gasteiger partial charge in [0.25, 0.3) is 0 Å². The molecule has 2 aromatic rings. The van der Waals surface area contributed by atoms with Crippen LogP contribution in [0.5, 0.6) is 17.2 Å². The first-order chi connectivity index (χ1) is 10.5. The van der Waals surface area contributed by atoms with Gasteiger partial charge in [0.2, 0.25) is 0 Å². The number of phenolic OH excluding ortho intramolecular Hbond substituents is 3. The summed E-state index contributed by atoms with van der Waals surface area (Å²) in [5.74, 6) is -1.35. The topological polar surface area (TPSA) is 63.9 Å². The highest BCUT2D eigenvalue weighted by Gasteiger charge is 2.35. The highest BCUT2D eigenvalue weighted by Crippen LogP contribution is 2.44. The summed E-state index contributed by atoms with van der Waals surface area (Å²) in [6.07, 6.45) is 0. The molecule has 2 aromatic carbocycles. The van der Waals surface area contributed by atoms with E-state index in [2.05, 4.69) is 4.90 Å². The Balaban J connectivity index is 2.02. The largest absolute Gasteiger partial charge is 0.505 e. The number of aromatic hydroxyl groups is 3. The summed E-state index contributed by atoms with van der Waals surface area (Å²) in [4.78, 5) is 2.10. The minimum absolute atomic E-state index is 0.00389. The standard InChI is InChI=1S/C17H18FNO3/c1-19-8-12(10-5-6-15(20)16(21)7-10)13(9-19)11-3-2-4-14(18)17(11)22/h2-7,12-13,20-22H,8-9H2,1H3. The summed E-state index contributed by atoms with van der Waals surface area (Å²) in [5.41, 5.74) is 1.43. The van der Waals surface area contributed by atoms with Gasteiger partial charge in [-0.25, -0.2) is 4.39 Å². The van der Waals surface area contributed by atoms with E-state index in [0.717, 1.165) is 12.1 Å². The quantitative estimate of drug-likeness (QED) is 0.747. The van der Waals surface area contributed by atoms with E-state index in [0.29, 0.717) is 12.1 Å². The molecule has 3 rings (SSSR count). The lowest BCUT2D eigenvalue weighted by Crippen LogP contribution is -2.13. The van der Waals surface area contributed by atoms with Gasteiger partial charge in [-0.15, -0.1) is 0 Å². The Morgan fingerprint density at radius 3 is 2.45 bits per heavy atom. The molecule has 2 atom stereocenters. The highest BCUT2D eigenvalue weighted by atomic mass is 19.1. The summed E-state index contributed by atoms with van der Waals surface area (Å²) in [5, 5.41) is 29.2. The van der Waals surface area contributed by atoms with Crippen molar-refractivity contribution in [3.63, 3.8) is 0 Å². The molecule has 5 heteroatoms. The lowest BCUT2D eigenvalue weighted by Gasteiger charge is -2.20. The van der Waals surface area contributed by atoms with Gasteiger partial charge in [-0.3, -0.25) is 0 Å². The number of halogens is 1. The molecule has 3 N–H and O–H groups in total. The van der Waals surface area contributed by atoms with Crippen LogP contribution in [-0.4, -0.2) is 40.4 Å². The summed E-state index contributed by atoms with van der Waals surface area (Å²) in [6, 6.07) is 9.29. The molecule has 2 unspecified atom stereocenters. The zero-order valence-electron chi connectivity index (χ0n) is 12.2. The van der Waals surface area contributed by atoms with Crippen LogP contribution in [0.3, 0.4) is 0 Å². The molecule has 0 amide bonds. The predicted octanol–water partition coefficient (Wildman–Crippen LogP) is 2.76. The molecule has 0 spiro atoms. The zero-order chi connectivity index (χ0) is 15.9. The molecule has 0 aromatic heterocycles. The van der Waals surface area contributed by atoms with Crippen LogP contribution < -0.4 is 0 Å². The Morgan fingerprint density at radius 2 is 1.73 bits per heavy atom. The van der Waals surface area contributed by atoms with Crippen LogP contribution in [-0.2, 0) is 0 Å². The fourth-order valence-electron chi connectivity index (χ4n) is 3.26. The predicted molar refractivity (Wildman–Crippen MR) is 80.8 cm³/mol. The second-order valence-electron chi connectivity index (χ2n) is 5.86. The Hall–Kier alpha value is -2.27. The molecule has 1 fully saturated rings. The second-order valence-corrected chi connectivity index (χ2v) is 5.86. The molecular formula is C17H18FNO3. The summed E-state index contributed by atoms with van der Waals surface area (Å²) < 4.78 is 13.6. The first kappa shape index (κ1) is 14.7. The van der Waals surface area contributed by atoms with E-state index in [4.69, 9.17) is 0 Å². The van der Waals surface area contributed by atoms with E-state index in [1.807, 2.05) is 7.05 Å². The zero-order valence-corrected chi connectivity index (χ0v) is 12.2. The monoisotopic (exact) mass is 303 g/mol. The molecule has 4 nitrogen and oxygen atoms in total. The Labute approximate surface area is 128 Å². The third-order valence-electron chi connectivity index (χ3n) is 4.35. The smallest absolute Gasteiger partial charge is 0.165 e. The van der Waals surface area contributed by atoms with Crippen LogP contribution in [0.2, 0.25) is 0 Å². The Kier molecular flexibility index (Phi) is 3.66. The molecule has 0 saturated carbocycles. The lowest BCUT2D eigenvalue weighted by molar-refractivity contribution is 0.399. The fourth-order valence-corrected chi connectivity index (χ4v) is 3.26. The van der Waals surface area contributed by atoms with Gasteiger partial charge in [-0.1, -0.05) is 18.2 Å². The lowest BCUT2D eigenvalue weighted by atomic mass is 9.83. The van der Waals surface area contributed by atoms with Gasteiger partial charge in [-0.05, 0) is 30.8 Å². The Bertz CT molecular complexity index is 704. The molecule has 1 heterocycles. The number of likely N-dealkylation sites (tertiary alicyclic amines) is 1. The maximum absolute atomic E-state index is 13.6. The van der Waals surface area contributed by atoms with E-state index in [9.17, 15) is 19.7 Å². The van der Waals surface area contributed by atoms with Gasteiger partial charge < -0.3 is 20.2 Å². The van der Waals surface area contributed by atoms with Gasteiger partial charge in [0.05, 0.1) is 0 Å². The van der Waals surface area contributed by atoms with Crippen LogP contribution in [0.1, 0.15) is 23.0 Å². The maximum atomic E-state index is 13.6. The molecule has 1 aliphatic heterocycles. The summed E-state index contributed by atoms with van der Waals surface area (Å²) in [6.45, 7) is 1.41. The summed E-state index contributed by atoms with van der Waals surface area (Å²) in [7, 11) is 1.96. The third-order valence-corrected chi connectivity index (χ3v) is 4.35. The van der Waals surface area contributed by atoms with E-state index in [1.165, 1.54) is 18.2 Å². The second kappa shape index (κ2) is 5.50. The molecule has 0 bridgehead atoms. The number of para-hydroxylation sites is 1. The molecule has 0 aliphatic carbocycles. The van der Waals surface area contributed by atoms with Gasteiger partial charge in [-0.2, -0.15) is 0 Å². The van der Waals surface area contributed by atoms with Crippen LogP contribution in [0.15, 0.2) is 36.4 Å². The van der Waals surface area contributed by atoms with Gasteiger partial charge in [0.1, 0.15) is 0 Å². The Morgan fingerprint density at radius 1 is 1.00 bits per heavy atom. The van der Waals surface area contributed by atoms with E-state index < -0.39 is 5.82 Å². The SMILES string of the molecule is CN1CC(c2ccc(O)c(O)c2)C(c2cccc(F)c2O)C1. The molecule has 1 aliphatic rings. The van der Waals surface area contributed by atoms with Crippen molar-refractivity contribution < 1.29 is 19.7 Å². The molecule has 22 heavy (non-hydrogen) atoms. The maximum Gasteiger partial charge on any atom is 0.165 e. The molecule has 1 saturated heterocycles.